The average Bonchev–Trinajstić information content (AvgIpc) is 2.40. The van der Waals surface area contributed by atoms with E-state index in [0.717, 1.165) is 19.3 Å². The Hall–Kier alpha value is -1.06. The van der Waals surface area contributed by atoms with Crippen LogP contribution < -0.4 is 0 Å². The fourth-order valence-electron chi connectivity index (χ4n) is 2.22. The number of hydrogen-bond donors (Lipinski definition) is 1. The molecule has 4 heteroatoms. The van der Waals surface area contributed by atoms with Gasteiger partial charge in [-0.25, -0.2) is 0 Å². The van der Waals surface area contributed by atoms with E-state index in [4.69, 9.17) is 0 Å². The van der Waals surface area contributed by atoms with Crippen LogP contribution in [0.4, 0.5) is 0 Å². The number of methoxy groups -OCH3 is 1. The molecule has 1 rings (SSSR count). The standard InChI is InChI=1S/C11H18O4/c1-8-4-3-6-11(7-5-8,9(12)13)10(14)15-2/h8H,3-7H2,1-2H3,(H,12,13). The SMILES string of the molecule is COC(=O)C1(C(=O)O)CCCC(C)CC1. The topological polar surface area (TPSA) is 63.6 Å². The van der Waals surface area contributed by atoms with Crippen LogP contribution in [0.1, 0.15) is 39.0 Å². The monoisotopic (exact) mass is 214 g/mol. The van der Waals surface area contributed by atoms with Crippen molar-refractivity contribution in [2.75, 3.05) is 7.11 Å². The molecule has 0 aromatic carbocycles. The van der Waals surface area contributed by atoms with E-state index in [1.807, 2.05) is 0 Å². The van der Waals surface area contributed by atoms with Crippen molar-refractivity contribution in [2.45, 2.75) is 39.0 Å². The first-order valence-corrected chi connectivity index (χ1v) is 5.35. The molecule has 15 heavy (non-hydrogen) atoms. The molecule has 1 fully saturated rings. The highest BCUT2D eigenvalue weighted by Crippen LogP contribution is 2.38. The van der Waals surface area contributed by atoms with Gasteiger partial charge in [0, 0.05) is 0 Å². The molecule has 0 heterocycles. The first-order chi connectivity index (χ1) is 7.03. The normalized spacial score (nSPS) is 31.7. The maximum absolute atomic E-state index is 11.6. The minimum atomic E-state index is -1.29. The number of carbonyl (C=O) groups is 2. The Bertz CT molecular complexity index is 261. The number of esters is 1. The van der Waals surface area contributed by atoms with Crippen LogP contribution in [0, 0.1) is 11.3 Å². The molecule has 0 bridgehead atoms. The molecule has 1 N–H and O–H groups in total. The van der Waals surface area contributed by atoms with Gasteiger partial charge in [-0.3, -0.25) is 9.59 Å². The third kappa shape index (κ3) is 2.30. The molecule has 0 spiro atoms. The van der Waals surface area contributed by atoms with Gasteiger partial charge in [0.05, 0.1) is 7.11 Å². The van der Waals surface area contributed by atoms with Crippen molar-refractivity contribution in [1.82, 2.24) is 0 Å². The second-order valence-electron chi connectivity index (χ2n) is 4.41. The predicted molar refractivity (Wildman–Crippen MR) is 54.3 cm³/mol. The Morgan fingerprint density at radius 1 is 1.33 bits per heavy atom. The molecule has 1 aliphatic rings. The number of hydrogen-bond acceptors (Lipinski definition) is 3. The highest BCUT2D eigenvalue weighted by Gasteiger charge is 2.47. The molecule has 4 nitrogen and oxygen atoms in total. The van der Waals surface area contributed by atoms with Crippen molar-refractivity contribution in [2.24, 2.45) is 11.3 Å². The zero-order chi connectivity index (χ0) is 11.5. The molecule has 86 valence electrons. The Labute approximate surface area is 89.6 Å². The summed E-state index contributed by atoms with van der Waals surface area (Å²) >= 11 is 0. The van der Waals surface area contributed by atoms with Crippen molar-refractivity contribution < 1.29 is 19.4 Å². The van der Waals surface area contributed by atoms with Gasteiger partial charge in [-0.2, -0.15) is 0 Å². The van der Waals surface area contributed by atoms with E-state index in [1.165, 1.54) is 7.11 Å². The lowest BCUT2D eigenvalue weighted by atomic mass is 9.80. The van der Waals surface area contributed by atoms with E-state index < -0.39 is 17.4 Å². The number of aliphatic carboxylic acids is 1. The van der Waals surface area contributed by atoms with Crippen LogP contribution in [0.15, 0.2) is 0 Å². The second-order valence-corrected chi connectivity index (χ2v) is 4.41. The molecule has 1 aliphatic carbocycles. The quantitative estimate of drug-likeness (QED) is 0.432. The van der Waals surface area contributed by atoms with Gasteiger partial charge in [-0.15, -0.1) is 0 Å². The van der Waals surface area contributed by atoms with Crippen molar-refractivity contribution in [3.05, 3.63) is 0 Å². The maximum atomic E-state index is 11.6. The lowest BCUT2D eigenvalue weighted by Gasteiger charge is -2.24. The third-order valence-electron chi connectivity index (χ3n) is 3.35. The molecule has 0 aromatic rings. The molecule has 2 unspecified atom stereocenters. The number of carboxylic acids is 1. The van der Waals surface area contributed by atoms with Gasteiger partial charge in [0.2, 0.25) is 0 Å². The van der Waals surface area contributed by atoms with E-state index in [0.29, 0.717) is 18.8 Å². The minimum absolute atomic E-state index is 0.399. The molecule has 1 saturated carbocycles. The van der Waals surface area contributed by atoms with Crippen molar-refractivity contribution >= 4 is 11.9 Å². The number of carbonyl (C=O) groups excluding carboxylic acids is 1. The summed E-state index contributed by atoms with van der Waals surface area (Å²) in [6.07, 6.45) is 3.35. The molecule has 0 aromatic heterocycles. The largest absolute Gasteiger partial charge is 0.480 e. The predicted octanol–water partition coefficient (Wildman–Crippen LogP) is 1.83. The van der Waals surface area contributed by atoms with Crippen LogP contribution in [0.5, 0.6) is 0 Å². The summed E-state index contributed by atoms with van der Waals surface area (Å²) in [6.45, 7) is 2.09. The third-order valence-corrected chi connectivity index (χ3v) is 3.35. The van der Waals surface area contributed by atoms with Crippen LogP contribution >= 0.6 is 0 Å². The lowest BCUT2D eigenvalue weighted by molar-refractivity contribution is -0.168. The maximum Gasteiger partial charge on any atom is 0.323 e. The van der Waals surface area contributed by atoms with Gasteiger partial charge in [-0.1, -0.05) is 19.8 Å². The summed E-state index contributed by atoms with van der Waals surface area (Å²) in [5.41, 5.74) is -1.29. The van der Waals surface area contributed by atoms with Gasteiger partial charge < -0.3 is 9.84 Å². The summed E-state index contributed by atoms with van der Waals surface area (Å²) in [7, 11) is 1.25. The molecule has 0 saturated heterocycles. The Morgan fingerprint density at radius 3 is 2.53 bits per heavy atom. The first-order valence-electron chi connectivity index (χ1n) is 5.35. The van der Waals surface area contributed by atoms with Crippen LogP contribution in [-0.4, -0.2) is 24.2 Å². The number of rotatable bonds is 2. The summed E-state index contributed by atoms with van der Waals surface area (Å²) in [5, 5.41) is 9.20. The van der Waals surface area contributed by atoms with Gasteiger partial charge >= 0.3 is 11.9 Å². The number of ether oxygens (including phenoxy) is 1. The van der Waals surface area contributed by atoms with Crippen LogP contribution in [0.3, 0.4) is 0 Å². The van der Waals surface area contributed by atoms with Crippen molar-refractivity contribution in [3.63, 3.8) is 0 Å². The molecular formula is C11H18O4. The average molecular weight is 214 g/mol. The highest BCUT2D eigenvalue weighted by atomic mass is 16.5. The van der Waals surface area contributed by atoms with Crippen LogP contribution in [-0.2, 0) is 14.3 Å². The van der Waals surface area contributed by atoms with E-state index >= 15 is 0 Å². The Kier molecular flexibility index (Phi) is 3.72. The van der Waals surface area contributed by atoms with Crippen molar-refractivity contribution in [3.8, 4) is 0 Å². The minimum Gasteiger partial charge on any atom is -0.480 e. The zero-order valence-corrected chi connectivity index (χ0v) is 9.28. The second kappa shape index (κ2) is 4.64. The molecular weight excluding hydrogens is 196 g/mol. The van der Waals surface area contributed by atoms with Crippen LogP contribution in [0.25, 0.3) is 0 Å². The molecule has 2 atom stereocenters. The number of carboxylic acid groups (broad SMARTS) is 1. The van der Waals surface area contributed by atoms with Crippen molar-refractivity contribution in [1.29, 1.82) is 0 Å². The fraction of sp³-hybridized carbons (Fsp3) is 0.818. The van der Waals surface area contributed by atoms with E-state index in [9.17, 15) is 14.7 Å². The van der Waals surface area contributed by atoms with E-state index in [-0.39, 0.29) is 0 Å². The smallest absolute Gasteiger partial charge is 0.323 e. The first kappa shape index (κ1) is 12.0. The summed E-state index contributed by atoms with van der Waals surface area (Å²) < 4.78 is 4.63. The molecule has 0 radical (unpaired) electrons. The lowest BCUT2D eigenvalue weighted by Crippen LogP contribution is -2.39. The molecule has 0 amide bonds. The van der Waals surface area contributed by atoms with Gasteiger partial charge in [-0.05, 0) is 25.2 Å². The highest BCUT2D eigenvalue weighted by molar-refractivity contribution is 5.99. The van der Waals surface area contributed by atoms with E-state index in [2.05, 4.69) is 11.7 Å². The summed E-state index contributed by atoms with van der Waals surface area (Å²) in [6, 6.07) is 0. The van der Waals surface area contributed by atoms with Gasteiger partial charge in [0.15, 0.2) is 5.41 Å². The van der Waals surface area contributed by atoms with Gasteiger partial charge in [0.1, 0.15) is 0 Å². The van der Waals surface area contributed by atoms with E-state index in [1.54, 1.807) is 0 Å². The van der Waals surface area contributed by atoms with Crippen LogP contribution in [0.2, 0.25) is 0 Å². The summed E-state index contributed by atoms with van der Waals surface area (Å²) in [4.78, 5) is 22.8. The Balaban J connectivity index is 2.90. The zero-order valence-electron chi connectivity index (χ0n) is 9.28. The summed E-state index contributed by atoms with van der Waals surface area (Å²) in [5.74, 6) is -1.14. The molecule has 0 aliphatic heterocycles. The fourth-order valence-corrected chi connectivity index (χ4v) is 2.22. The van der Waals surface area contributed by atoms with Gasteiger partial charge in [0.25, 0.3) is 0 Å². The Morgan fingerprint density at radius 2 is 2.00 bits per heavy atom.